The van der Waals surface area contributed by atoms with E-state index in [0.29, 0.717) is 0 Å². The predicted molar refractivity (Wildman–Crippen MR) is 103 cm³/mol. The van der Waals surface area contributed by atoms with Crippen LogP contribution in [0.15, 0.2) is 24.3 Å². The van der Waals surface area contributed by atoms with Crippen molar-refractivity contribution in [3.05, 3.63) is 29.8 Å². The molecule has 134 valence electrons. The quantitative estimate of drug-likeness (QED) is 0.750. The van der Waals surface area contributed by atoms with Crippen molar-refractivity contribution in [1.29, 1.82) is 0 Å². The molecule has 0 radical (unpaired) electrons. The van der Waals surface area contributed by atoms with Gasteiger partial charge in [-0.15, -0.1) is 0 Å². The van der Waals surface area contributed by atoms with Crippen LogP contribution in [0.4, 0.5) is 0 Å². The van der Waals surface area contributed by atoms with Gasteiger partial charge in [-0.2, -0.15) is 11.8 Å². The van der Waals surface area contributed by atoms with Crippen molar-refractivity contribution in [3.8, 4) is 5.75 Å². The Morgan fingerprint density at radius 1 is 0.875 bits per heavy atom. The van der Waals surface area contributed by atoms with Crippen LogP contribution in [0.2, 0.25) is 0 Å². The molecule has 24 heavy (non-hydrogen) atoms. The summed E-state index contributed by atoms with van der Waals surface area (Å²) in [5.41, 5.74) is 1.39. The van der Waals surface area contributed by atoms with E-state index < -0.39 is 0 Å². The summed E-state index contributed by atoms with van der Waals surface area (Å²) in [6.45, 7) is 13.5. The lowest BCUT2D eigenvalue weighted by atomic mass is 10.2. The first kappa shape index (κ1) is 18.1. The molecule has 0 bridgehead atoms. The Morgan fingerprint density at radius 3 is 2.21 bits per heavy atom. The van der Waals surface area contributed by atoms with Crippen LogP contribution in [-0.2, 0) is 6.54 Å². The molecule has 0 atom stereocenters. The van der Waals surface area contributed by atoms with E-state index in [1.54, 1.807) is 0 Å². The molecule has 2 fully saturated rings. The number of ether oxygens (including phenoxy) is 1. The van der Waals surface area contributed by atoms with Gasteiger partial charge in [-0.3, -0.25) is 9.80 Å². The fourth-order valence-corrected chi connectivity index (χ4v) is 4.31. The first-order valence-corrected chi connectivity index (χ1v) is 10.5. The summed E-state index contributed by atoms with van der Waals surface area (Å²) in [5.74, 6) is 3.54. The molecule has 0 unspecified atom stereocenters. The van der Waals surface area contributed by atoms with Crippen molar-refractivity contribution in [2.24, 2.45) is 0 Å². The van der Waals surface area contributed by atoms with Crippen LogP contribution in [0.1, 0.15) is 12.5 Å². The van der Waals surface area contributed by atoms with Crippen LogP contribution >= 0.6 is 11.8 Å². The lowest BCUT2D eigenvalue weighted by Crippen LogP contribution is -2.47. The third kappa shape index (κ3) is 5.66. The van der Waals surface area contributed by atoms with Gasteiger partial charge in [-0.1, -0.05) is 19.1 Å². The minimum Gasteiger partial charge on any atom is -0.492 e. The van der Waals surface area contributed by atoms with Crippen LogP contribution in [-0.4, -0.2) is 85.2 Å². The number of nitrogens with zero attached hydrogens (tertiary/aromatic N) is 3. The summed E-state index contributed by atoms with van der Waals surface area (Å²) < 4.78 is 5.93. The average molecular weight is 350 g/mol. The zero-order chi connectivity index (χ0) is 16.6. The third-order valence-electron chi connectivity index (χ3n) is 5.02. The number of rotatable bonds is 7. The highest BCUT2D eigenvalue weighted by molar-refractivity contribution is 7.99. The third-order valence-corrected chi connectivity index (χ3v) is 5.96. The second-order valence-electron chi connectivity index (χ2n) is 6.66. The van der Waals surface area contributed by atoms with Crippen LogP contribution in [0.25, 0.3) is 0 Å². The van der Waals surface area contributed by atoms with Crippen molar-refractivity contribution in [2.45, 2.75) is 13.5 Å². The second kappa shape index (κ2) is 9.66. The highest BCUT2D eigenvalue weighted by atomic mass is 32.2. The summed E-state index contributed by atoms with van der Waals surface area (Å²) in [7, 11) is 0. The summed E-state index contributed by atoms with van der Waals surface area (Å²) in [6.07, 6.45) is 0. The minimum absolute atomic E-state index is 0.787. The Labute approximate surface area is 151 Å². The molecule has 2 saturated heterocycles. The molecule has 2 heterocycles. The predicted octanol–water partition coefficient (Wildman–Crippen LogP) is 2.25. The maximum absolute atomic E-state index is 5.93. The number of thioether (sulfide) groups is 1. The lowest BCUT2D eigenvalue weighted by Gasteiger charge is -2.33. The molecule has 0 aliphatic carbocycles. The number of piperazine rings is 1. The van der Waals surface area contributed by atoms with E-state index in [1.165, 1.54) is 62.9 Å². The number of hydrogen-bond acceptors (Lipinski definition) is 5. The Bertz CT molecular complexity index is 468. The molecule has 4 nitrogen and oxygen atoms in total. The van der Waals surface area contributed by atoms with E-state index in [1.807, 2.05) is 0 Å². The van der Waals surface area contributed by atoms with Crippen molar-refractivity contribution < 1.29 is 4.74 Å². The van der Waals surface area contributed by atoms with E-state index in [0.717, 1.165) is 25.4 Å². The SMILES string of the molecule is CCN1CCN(CCOc2ccc(CN3CCSCC3)cc2)CC1. The van der Waals surface area contributed by atoms with Crippen LogP contribution in [0.3, 0.4) is 0 Å². The highest BCUT2D eigenvalue weighted by Gasteiger charge is 2.15. The normalized spacial score (nSPS) is 21.0. The van der Waals surface area contributed by atoms with Gasteiger partial charge in [0.2, 0.25) is 0 Å². The first-order valence-electron chi connectivity index (χ1n) is 9.30. The molecule has 3 rings (SSSR count). The minimum atomic E-state index is 0.787. The van der Waals surface area contributed by atoms with Gasteiger partial charge in [0.1, 0.15) is 12.4 Å². The molecule has 0 spiro atoms. The van der Waals surface area contributed by atoms with E-state index in [9.17, 15) is 0 Å². The van der Waals surface area contributed by atoms with Crippen LogP contribution in [0, 0.1) is 0 Å². The summed E-state index contributed by atoms with van der Waals surface area (Å²) in [5, 5.41) is 0. The standard InChI is InChI=1S/C19H31N3OS/c1-2-20-7-9-21(10-8-20)11-14-23-19-5-3-18(4-6-19)17-22-12-15-24-16-13-22/h3-6H,2,7-17H2,1H3. The smallest absolute Gasteiger partial charge is 0.119 e. The topological polar surface area (TPSA) is 19.0 Å². The molecular weight excluding hydrogens is 318 g/mol. The van der Waals surface area contributed by atoms with Crippen molar-refractivity contribution in [3.63, 3.8) is 0 Å². The first-order chi connectivity index (χ1) is 11.8. The van der Waals surface area contributed by atoms with Crippen molar-refractivity contribution in [1.82, 2.24) is 14.7 Å². The molecule has 0 amide bonds. The Hall–Kier alpha value is -0.750. The zero-order valence-corrected chi connectivity index (χ0v) is 15.8. The Balaban J connectivity index is 1.35. The van der Waals surface area contributed by atoms with E-state index in [2.05, 4.69) is 57.7 Å². The second-order valence-corrected chi connectivity index (χ2v) is 7.88. The van der Waals surface area contributed by atoms with E-state index >= 15 is 0 Å². The van der Waals surface area contributed by atoms with Gasteiger partial charge >= 0.3 is 0 Å². The van der Waals surface area contributed by atoms with Gasteiger partial charge in [-0.25, -0.2) is 0 Å². The van der Waals surface area contributed by atoms with Crippen LogP contribution < -0.4 is 4.74 Å². The van der Waals surface area contributed by atoms with Crippen LogP contribution in [0.5, 0.6) is 5.75 Å². The Morgan fingerprint density at radius 2 is 1.54 bits per heavy atom. The monoisotopic (exact) mass is 349 g/mol. The number of likely N-dealkylation sites (N-methyl/N-ethyl adjacent to an activating group) is 1. The fraction of sp³-hybridized carbons (Fsp3) is 0.684. The average Bonchev–Trinajstić information content (AvgIpc) is 2.65. The maximum atomic E-state index is 5.93. The van der Waals surface area contributed by atoms with Gasteiger partial charge in [0.05, 0.1) is 0 Å². The van der Waals surface area contributed by atoms with E-state index in [-0.39, 0.29) is 0 Å². The maximum Gasteiger partial charge on any atom is 0.119 e. The molecule has 2 aliphatic rings. The molecular formula is C19H31N3OS. The highest BCUT2D eigenvalue weighted by Crippen LogP contribution is 2.16. The Kier molecular flexibility index (Phi) is 7.27. The molecule has 0 saturated carbocycles. The van der Waals surface area contributed by atoms with Gasteiger partial charge < -0.3 is 9.64 Å². The molecule has 0 aromatic heterocycles. The molecule has 5 heteroatoms. The lowest BCUT2D eigenvalue weighted by molar-refractivity contribution is 0.121. The van der Waals surface area contributed by atoms with Gasteiger partial charge in [0, 0.05) is 63.9 Å². The number of benzene rings is 1. The molecule has 0 N–H and O–H groups in total. The summed E-state index contributed by atoms with van der Waals surface area (Å²) in [6, 6.07) is 8.69. The van der Waals surface area contributed by atoms with Gasteiger partial charge in [0.15, 0.2) is 0 Å². The fourth-order valence-electron chi connectivity index (χ4n) is 3.33. The molecule has 1 aromatic carbocycles. The van der Waals surface area contributed by atoms with Gasteiger partial charge in [-0.05, 0) is 24.2 Å². The number of hydrogen-bond donors (Lipinski definition) is 0. The summed E-state index contributed by atoms with van der Waals surface area (Å²) >= 11 is 2.07. The van der Waals surface area contributed by atoms with Crippen molar-refractivity contribution >= 4 is 11.8 Å². The van der Waals surface area contributed by atoms with Gasteiger partial charge in [0.25, 0.3) is 0 Å². The largest absolute Gasteiger partial charge is 0.492 e. The molecule has 2 aliphatic heterocycles. The summed E-state index contributed by atoms with van der Waals surface area (Å²) in [4.78, 5) is 7.56. The van der Waals surface area contributed by atoms with Crippen molar-refractivity contribution in [2.75, 3.05) is 70.5 Å². The molecule has 1 aromatic rings. The van der Waals surface area contributed by atoms with E-state index in [4.69, 9.17) is 4.74 Å². The zero-order valence-electron chi connectivity index (χ0n) is 15.0.